The zero-order valence-electron chi connectivity index (χ0n) is 16.3. The van der Waals surface area contributed by atoms with E-state index in [1.807, 2.05) is 43.3 Å². The highest BCUT2D eigenvalue weighted by Gasteiger charge is 2.34. The lowest BCUT2D eigenvalue weighted by atomic mass is 9.95. The molecule has 0 bridgehead atoms. The first-order valence-corrected chi connectivity index (χ1v) is 10.5. The fraction of sp³-hybridized carbons (Fsp3) is 0.238. The Bertz CT molecular complexity index is 1030. The van der Waals surface area contributed by atoms with E-state index in [9.17, 15) is 4.79 Å². The molecule has 148 valence electrons. The molecule has 3 heterocycles. The Hall–Kier alpha value is -3.13. The predicted molar refractivity (Wildman–Crippen MR) is 115 cm³/mol. The van der Waals surface area contributed by atoms with Crippen molar-refractivity contribution in [3.05, 3.63) is 71.7 Å². The summed E-state index contributed by atoms with van der Waals surface area (Å²) in [5.74, 6) is 1.40. The highest BCUT2D eigenvalue weighted by molar-refractivity contribution is 7.99. The summed E-state index contributed by atoms with van der Waals surface area (Å²) in [6.45, 7) is 4.02. The number of rotatable bonds is 6. The molecule has 8 heteroatoms. The summed E-state index contributed by atoms with van der Waals surface area (Å²) in [4.78, 5) is 21.9. The van der Waals surface area contributed by atoms with E-state index in [-0.39, 0.29) is 11.9 Å². The van der Waals surface area contributed by atoms with Crippen molar-refractivity contribution in [1.29, 1.82) is 0 Å². The van der Waals surface area contributed by atoms with Gasteiger partial charge in [-0.1, -0.05) is 49.0 Å². The summed E-state index contributed by atoms with van der Waals surface area (Å²) >= 11 is 1.61. The molecule has 2 aromatic heterocycles. The number of fused-ring (bicyclic) bond motifs is 1. The van der Waals surface area contributed by atoms with E-state index in [0.717, 1.165) is 23.4 Å². The molecule has 0 radical (unpaired) electrons. The van der Waals surface area contributed by atoms with Crippen LogP contribution in [0.1, 0.15) is 31.9 Å². The maximum atomic E-state index is 13.2. The average Bonchev–Trinajstić information content (AvgIpc) is 3.14. The number of benzene rings is 1. The average molecular weight is 407 g/mol. The van der Waals surface area contributed by atoms with Gasteiger partial charge in [0.1, 0.15) is 6.04 Å². The Balaban J connectivity index is 1.74. The number of carbonyl (C=O) groups excluding carboxylic acids is 1. The van der Waals surface area contributed by atoms with Gasteiger partial charge in [0.25, 0.3) is 5.91 Å². The molecule has 0 spiro atoms. The number of anilines is 2. The van der Waals surface area contributed by atoms with Gasteiger partial charge in [-0.05, 0) is 31.0 Å². The third-order valence-electron chi connectivity index (χ3n) is 4.55. The van der Waals surface area contributed by atoms with Gasteiger partial charge in [-0.2, -0.15) is 4.98 Å². The van der Waals surface area contributed by atoms with Crippen LogP contribution in [0.15, 0.2) is 71.3 Å². The molecular formula is C21H22N6OS. The molecule has 3 aromatic rings. The Morgan fingerprint density at radius 1 is 1.24 bits per heavy atom. The van der Waals surface area contributed by atoms with Gasteiger partial charge in [0.05, 0.1) is 17.5 Å². The van der Waals surface area contributed by atoms with E-state index in [0.29, 0.717) is 22.4 Å². The van der Waals surface area contributed by atoms with Crippen LogP contribution in [-0.2, 0) is 4.79 Å². The van der Waals surface area contributed by atoms with Crippen molar-refractivity contribution in [3.8, 4) is 0 Å². The van der Waals surface area contributed by atoms with Gasteiger partial charge in [0, 0.05) is 17.6 Å². The molecule has 0 fully saturated rings. The Morgan fingerprint density at radius 2 is 2.07 bits per heavy atom. The molecular weight excluding hydrogens is 384 g/mol. The summed E-state index contributed by atoms with van der Waals surface area (Å²) in [6.07, 6.45) is 4.34. The fourth-order valence-corrected chi connectivity index (χ4v) is 3.94. The maximum Gasteiger partial charge on any atom is 0.255 e. The summed E-state index contributed by atoms with van der Waals surface area (Å²) in [5, 5.41) is 11.6. The number of pyridine rings is 1. The molecule has 1 amide bonds. The van der Waals surface area contributed by atoms with E-state index in [1.165, 1.54) is 0 Å². The van der Waals surface area contributed by atoms with Crippen LogP contribution < -0.4 is 10.6 Å². The summed E-state index contributed by atoms with van der Waals surface area (Å²) in [5.41, 5.74) is 2.98. The quantitative estimate of drug-likeness (QED) is 0.600. The van der Waals surface area contributed by atoms with Crippen molar-refractivity contribution in [3.63, 3.8) is 0 Å². The monoisotopic (exact) mass is 406 g/mol. The molecule has 4 rings (SSSR count). The number of hydrogen-bond acceptors (Lipinski definition) is 6. The minimum Gasteiger partial charge on any atom is -0.328 e. The van der Waals surface area contributed by atoms with Gasteiger partial charge in [-0.25, -0.2) is 4.68 Å². The van der Waals surface area contributed by atoms with Crippen LogP contribution in [0.25, 0.3) is 0 Å². The van der Waals surface area contributed by atoms with Crippen LogP contribution in [0, 0.1) is 0 Å². The molecule has 7 nitrogen and oxygen atoms in total. The third-order valence-corrected chi connectivity index (χ3v) is 5.59. The van der Waals surface area contributed by atoms with E-state index >= 15 is 0 Å². The van der Waals surface area contributed by atoms with Gasteiger partial charge in [-0.15, -0.1) is 5.10 Å². The maximum absolute atomic E-state index is 13.2. The molecule has 1 aliphatic heterocycles. The summed E-state index contributed by atoms with van der Waals surface area (Å²) in [6, 6.07) is 13.1. The number of amides is 1. The van der Waals surface area contributed by atoms with Crippen molar-refractivity contribution in [2.75, 3.05) is 16.4 Å². The lowest BCUT2D eigenvalue weighted by molar-refractivity contribution is -0.113. The van der Waals surface area contributed by atoms with Crippen molar-refractivity contribution >= 4 is 29.3 Å². The van der Waals surface area contributed by atoms with Crippen LogP contribution in [0.4, 0.5) is 11.6 Å². The number of hydrogen-bond donors (Lipinski definition) is 2. The molecule has 2 N–H and O–H groups in total. The van der Waals surface area contributed by atoms with Crippen LogP contribution in [0.5, 0.6) is 0 Å². The van der Waals surface area contributed by atoms with Gasteiger partial charge < -0.3 is 10.6 Å². The standard InChI is InChI=1S/C21H22N6OS/c1-3-12-29-21-25-20-23-14(2)17(19(28)24-16-10-7-11-22-13-16)18(27(20)26-21)15-8-5-4-6-9-15/h4-11,13,18H,3,12H2,1-2H3,(H,24,28)(H,23,25,26). The van der Waals surface area contributed by atoms with E-state index in [2.05, 4.69) is 27.5 Å². The van der Waals surface area contributed by atoms with Gasteiger partial charge in [-0.3, -0.25) is 9.78 Å². The second-order valence-electron chi connectivity index (χ2n) is 6.68. The minimum atomic E-state index is -0.368. The van der Waals surface area contributed by atoms with Gasteiger partial charge in [0.2, 0.25) is 11.1 Å². The smallest absolute Gasteiger partial charge is 0.255 e. The van der Waals surface area contributed by atoms with Gasteiger partial charge >= 0.3 is 0 Å². The number of nitrogens with one attached hydrogen (secondary N) is 2. The largest absolute Gasteiger partial charge is 0.328 e. The van der Waals surface area contributed by atoms with Crippen LogP contribution in [0.2, 0.25) is 0 Å². The van der Waals surface area contributed by atoms with Crippen LogP contribution >= 0.6 is 11.8 Å². The van der Waals surface area contributed by atoms with Crippen molar-refractivity contribution in [2.24, 2.45) is 0 Å². The topological polar surface area (TPSA) is 84.7 Å². The van der Waals surface area contributed by atoms with Crippen molar-refractivity contribution in [2.45, 2.75) is 31.5 Å². The number of aromatic nitrogens is 4. The summed E-state index contributed by atoms with van der Waals surface area (Å²) in [7, 11) is 0. The highest BCUT2D eigenvalue weighted by Crippen LogP contribution is 2.36. The summed E-state index contributed by atoms with van der Waals surface area (Å²) < 4.78 is 1.80. The lowest BCUT2D eigenvalue weighted by Gasteiger charge is -2.28. The molecule has 0 saturated heterocycles. The normalized spacial score (nSPS) is 15.6. The van der Waals surface area contributed by atoms with E-state index < -0.39 is 0 Å². The first kappa shape index (κ1) is 19.2. The SMILES string of the molecule is CCCSc1nc2n(n1)C(c1ccccc1)C(C(=O)Nc1cccnc1)=C(C)N2. The van der Waals surface area contributed by atoms with E-state index in [1.54, 1.807) is 34.9 Å². The number of carbonyl (C=O) groups is 1. The second-order valence-corrected chi connectivity index (χ2v) is 7.75. The highest BCUT2D eigenvalue weighted by atomic mass is 32.2. The van der Waals surface area contributed by atoms with Crippen molar-refractivity contribution in [1.82, 2.24) is 19.7 Å². The lowest BCUT2D eigenvalue weighted by Crippen LogP contribution is -2.31. The molecule has 0 aliphatic carbocycles. The number of nitrogens with zero attached hydrogens (tertiary/aromatic N) is 4. The molecule has 1 atom stereocenters. The number of allylic oxidation sites excluding steroid dienone is 1. The molecule has 0 saturated carbocycles. The zero-order valence-corrected chi connectivity index (χ0v) is 17.1. The molecule has 29 heavy (non-hydrogen) atoms. The van der Waals surface area contributed by atoms with Crippen LogP contribution in [-0.4, -0.2) is 31.4 Å². The zero-order chi connectivity index (χ0) is 20.2. The fourth-order valence-electron chi connectivity index (χ4n) is 3.26. The first-order valence-electron chi connectivity index (χ1n) is 9.51. The Kier molecular flexibility index (Phi) is 5.62. The first-order chi connectivity index (χ1) is 14.2. The Morgan fingerprint density at radius 3 is 2.79 bits per heavy atom. The predicted octanol–water partition coefficient (Wildman–Crippen LogP) is 4.10. The van der Waals surface area contributed by atoms with Gasteiger partial charge in [0.15, 0.2) is 0 Å². The van der Waals surface area contributed by atoms with Crippen LogP contribution in [0.3, 0.4) is 0 Å². The molecule has 1 aliphatic rings. The van der Waals surface area contributed by atoms with E-state index in [4.69, 9.17) is 5.10 Å². The molecule has 1 unspecified atom stereocenters. The third kappa shape index (κ3) is 4.02. The molecule has 1 aromatic carbocycles. The minimum absolute atomic E-state index is 0.194. The van der Waals surface area contributed by atoms with Crippen molar-refractivity contribution < 1.29 is 4.79 Å². The number of thioether (sulfide) groups is 1. The second kappa shape index (κ2) is 8.48. The Labute approximate surface area is 173 Å².